The van der Waals surface area contributed by atoms with E-state index in [1.807, 2.05) is 42.5 Å². The monoisotopic (exact) mass is 443 g/mol. The molecule has 7 heteroatoms. The van der Waals surface area contributed by atoms with Crippen LogP contribution in [0.15, 0.2) is 59.0 Å². The molecule has 2 bridgehead atoms. The van der Waals surface area contributed by atoms with Gasteiger partial charge in [-0.1, -0.05) is 42.1 Å². The zero-order valence-electron chi connectivity index (χ0n) is 16.4. The number of nitriles is 1. The van der Waals surface area contributed by atoms with Crippen LogP contribution in [0.25, 0.3) is 10.2 Å². The number of hydrogen-bond acceptors (Lipinski definition) is 6. The van der Waals surface area contributed by atoms with E-state index < -0.39 is 0 Å². The van der Waals surface area contributed by atoms with Gasteiger partial charge in [-0.2, -0.15) is 5.26 Å². The summed E-state index contributed by atoms with van der Waals surface area (Å²) >= 11 is 3.14. The van der Waals surface area contributed by atoms with Crippen LogP contribution in [-0.4, -0.2) is 16.8 Å². The van der Waals surface area contributed by atoms with Gasteiger partial charge in [-0.05, 0) is 48.1 Å². The first-order valence-electron chi connectivity index (χ1n) is 10.2. The molecule has 2 aromatic carbocycles. The van der Waals surface area contributed by atoms with Crippen molar-refractivity contribution in [2.45, 2.75) is 16.5 Å². The van der Waals surface area contributed by atoms with Crippen LogP contribution in [0, 0.1) is 35.0 Å². The fourth-order valence-corrected chi connectivity index (χ4v) is 7.25. The van der Waals surface area contributed by atoms with Crippen LogP contribution in [0.4, 0.5) is 5.69 Å². The lowest BCUT2D eigenvalue weighted by molar-refractivity contribution is -0.123. The minimum absolute atomic E-state index is 0.0570. The molecule has 0 unspecified atom stereocenters. The van der Waals surface area contributed by atoms with Crippen molar-refractivity contribution in [2.24, 2.45) is 23.7 Å². The zero-order chi connectivity index (χ0) is 21.1. The molecular formula is C24H17N3O2S2. The van der Waals surface area contributed by atoms with E-state index in [1.54, 1.807) is 23.1 Å². The Morgan fingerprint density at radius 2 is 1.84 bits per heavy atom. The summed E-state index contributed by atoms with van der Waals surface area (Å²) in [6, 6.07) is 15.4. The highest BCUT2D eigenvalue weighted by Gasteiger charge is 2.59. The van der Waals surface area contributed by atoms with Gasteiger partial charge in [-0.3, -0.25) is 9.59 Å². The number of carbonyl (C=O) groups is 2. The first kappa shape index (κ1) is 18.8. The van der Waals surface area contributed by atoms with Crippen molar-refractivity contribution in [3.05, 3.63) is 65.7 Å². The summed E-state index contributed by atoms with van der Waals surface area (Å²) in [5.74, 6) is 0.595. The molecule has 1 saturated heterocycles. The van der Waals surface area contributed by atoms with E-state index in [1.165, 1.54) is 4.90 Å². The highest BCUT2D eigenvalue weighted by Crippen LogP contribution is 2.53. The number of nitrogens with zero attached hydrogens (tertiary/aromatic N) is 3. The Morgan fingerprint density at radius 1 is 1.10 bits per heavy atom. The molecule has 2 fully saturated rings. The van der Waals surface area contributed by atoms with Gasteiger partial charge in [0.25, 0.3) is 0 Å². The van der Waals surface area contributed by atoms with Crippen LogP contribution < -0.4 is 4.90 Å². The number of thiazole rings is 1. The molecule has 4 atom stereocenters. The average Bonchev–Trinajstić information content (AvgIpc) is 3.55. The number of imide groups is 1. The molecule has 1 saturated carbocycles. The van der Waals surface area contributed by atoms with Crippen molar-refractivity contribution >= 4 is 50.8 Å². The highest BCUT2D eigenvalue weighted by atomic mass is 32.2. The maximum absolute atomic E-state index is 13.1. The predicted octanol–water partition coefficient (Wildman–Crippen LogP) is 4.77. The van der Waals surface area contributed by atoms with Crippen molar-refractivity contribution in [1.82, 2.24) is 4.98 Å². The van der Waals surface area contributed by atoms with Gasteiger partial charge in [0.2, 0.25) is 11.8 Å². The number of carbonyl (C=O) groups excluding carboxylic acids is 2. The van der Waals surface area contributed by atoms with E-state index in [9.17, 15) is 14.9 Å². The van der Waals surface area contributed by atoms with E-state index in [0.717, 1.165) is 26.5 Å². The van der Waals surface area contributed by atoms with Crippen molar-refractivity contribution < 1.29 is 9.59 Å². The van der Waals surface area contributed by atoms with E-state index in [-0.39, 0.29) is 35.5 Å². The number of fused-ring (bicyclic) bond motifs is 6. The number of hydrogen-bond donors (Lipinski definition) is 0. The molecule has 6 rings (SSSR count). The highest BCUT2D eigenvalue weighted by molar-refractivity contribution is 8.00. The quantitative estimate of drug-likeness (QED) is 0.330. The second kappa shape index (κ2) is 7.04. The van der Waals surface area contributed by atoms with Crippen LogP contribution in [0.1, 0.15) is 17.5 Å². The van der Waals surface area contributed by atoms with Gasteiger partial charge in [-0.25, -0.2) is 9.88 Å². The number of benzene rings is 2. The fraction of sp³-hybridized carbons (Fsp3) is 0.250. The Balaban J connectivity index is 1.26. The molecule has 2 amide bonds. The van der Waals surface area contributed by atoms with Crippen LogP contribution >= 0.6 is 23.1 Å². The van der Waals surface area contributed by atoms with Crippen molar-refractivity contribution in [3.63, 3.8) is 0 Å². The number of amides is 2. The van der Waals surface area contributed by atoms with Crippen molar-refractivity contribution in [3.8, 4) is 6.07 Å². The molecule has 31 heavy (non-hydrogen) atoms. The topological polar surface area (TPSA) is 74.1 Å². The first-order chi connectivity index (χ1) is 15.1. The van der Waals surface area contributed by atoms with Gasteiger partial charge in [0.05, 0.1) is 39.4 Å². The largest absolute Gasteiger partial charge is 0.274 e. The third-order valence-corrected chi connectivity index (χ3v) is 8.78. The second-order valence-electron chi connectivity index (χ2n) is 8.20. The third kappa shape index (κ3) is 2.86. The molecule has 1 aliphatic heterocycles. The predicted molar refractivity (Wildman–Crippen MR) is 121 cm³/mol. The minimum atomic E-state index is -0.189. The maximum atomic E-state index is 13.1. The molecule has 5 nitrogen and oxygen atoms in total. The lowest BCUT2D eigenvalue weighted by Gasteiger charge is -2.17. The van der Waals surface area contributed by atoms with E-state index >= 15 is 0 Å². The molecule has 2 aliphatic carbocycles. The zero-order valence-corrected chi connectivity index (χ0v) is 18.0. The summed E-state index contributed by atoms with van der Waals surface area (Å²) in [6.07, 6.45) is 5.16. The van der Waals surface area contributed by atoms with Gasteiger partial charge in [0.1, 0.15) is 0 Å². The minimum Gasteiger partial charge on any atom is -0.274 e. The summed E-state index contributed by atoms with van der Waals surface area (Å²) < 4.78 is 1.85. The summed E-state index contributed by atoms with van der Waals surface area (Å²) in [4.78, 5) is 32.2. The number of thioether (sulfide) groups is 1. The van der Waals surface area contributed by atoms with Gasteiger partial charge in [-0.15, -0.1) is 11.3 Å². The smallest absolute Gasteiger partial charge is 0.238 e. The summed E-state index contributed by atoms with van der Waals surface area (Å²) in [7, 11) is 0. The van der Waals surface area contributed by atoms with Crippen LogP contribution in [0.2, 0.25) is 0 Å². The Bertz CT molecular complexity index is 1290. The standard InChI is InChI=1S/C24H17N3O2S2/c25-11-15-3-1-2-4-16(15)12-30-24-26-18-8-7-17(10-19(18)31-24)27-22(28)20-13-5-6-14(9-13)21(20)23(27)29/h1-8,10,13-14,20-21H,9,12H2/t13-,14-,20-,21-/m0/s1. The molecule has 0 spiro atoms. The lowest BCUT2D eigenvalue weighted by Crippen LogP contribution is -2.32. The first-order valence-corrected chi connectivity index (χ1v) is 12.0. The average molecular weight is 444 g/mol. The van der Waals surface area contributed by atoms with Gasteiger partial charge >= 0.3 is 0 Å². The summed E-state index contributed by atoms with van der Waals surface area (Å²) in [5, 5.41) is 9.27. The molecule has 0 radical (unpaired) electrons. The summed E-state index contributed by atoms with van der Waals surface area (Å²) in [6.45, 7) is 0. The number of anilines is 1. The van der Waals surface area contributed by atoms with E-state index in [0.29, 0.717) is 17.0 Å². The SMILES string of the molecule is N#Cc1ccccc1CSc1nc2ccc(N3C(=O)[C@@H]4[C@@H](C3=O)[C@H]3C=C[C@H]4C3)cc2s1. The van der Waals surface area contributed by atoms with Crippen LogP contribution in [0.5, 0.6) is 0 Å². The molecule has 1 aromatic heterocycles. The number of allylic oxidation sites excluding steroid dienone is 2. The molecule has 0 N–H and O–H groups in total. The fourth-order valence-electron chi connectivity index (χ4n) is 5.14. The van der Waals surface area contributed by atoms with Gasteiger partial charge in [0.15, 0.2) is 4.34 Å². The lowest BCUT2D eigenvalue weighted by atomic mass is 9.85. The van der Waals surface area contributed by atoms with Crippen LogP contribution in [0.3, 0.4) is 0 Å². The molecular weight excluding hydrogens is 426 g/mol. The number of aromatic nitrogens is 1. The Labute approximate surface area is 187 Å². The normalized spacial score (nSPS) is 26.1. The second-order valence-corrected chi connectivity index (χ2v) is 10.5. The molecule has 2 heterocycles. The molecule has 3 aromatic rings. The van der Waals surface area contributed by atoms with Crippen LogP contribution in [-0.2, 0) is 15.3 Å². The Hall–Kier alpha value is -2.95. The van der Waals surface area contributed by atoms with E-state index in [2.05, 4.69) is 23.2 Å². The van der Waals surface area contributed by atoms with Gasteiger partial charge < -0.3 is 0 Å². The van der Waals surface area contributed by atoms with Crippen molar-refractivity contribution in [2.75, 3.05) is 4.90 Å². The van der Waals surface area contributed by atoms with E-state index in [4.69, 9.17) is 0 Å². The third-order valence-electron chi connectivity index (χ3n) is 6.57. The molecule has 3 aliphatic rings. The van der Waals surface area contributed by atoms with Gasteiger partial charge in [0, 0.05) is 5.75 Å². The molecule has 152 valence electrons. The Morgan fingerprint density at radius 3 is 2.58 bits per heavy atom. The van der Waals surface area contributed by atoms with Crippen molar-refractivity contribution in [1.29, 1.82) is 5.26 Å². The maximum Gasteiger partial charge on any atom is 0.238 e. The number of rotatable bonds is 4. The summed E-state index contributed by atoms with van der Waals surface area (Å²) in [5.41, 5.74) is 3.16. The Kier molecular flexibility index (Phi) is 4.27.